The predicted molar refractivity (Wildman–Crippen MR) is 128 cm³/mol. The minimum atomic E-state index is -0.105. The predicted octanol–water partition coefficient (Wildman–Crippen LogP) is 5.09. The Balaban J connectivity index is 1.41. The number of rotatable bonds is 6. The third-order valence-electron chi connectivity index (χ3n) is 5.45. The van der Waals surface area contributed by atoms with Gasteiger partial charge in [0, 0.05) is 24.1 Å². The van der Waals surface area contributed by atoms with Crippen LogP contribution >= 0.6 is 11.3 Å². The number of aromatic nitrogens is 2. The van der Waals surface area contributed by atoms with Gasteiger partial charge in [-0.15, -0.1) is 11.3 Å². The highest BCUT2D eigenvalue weighted by atomic mass is 32.1. The third-order valence-corrected chi connectivity index (χ3v) is 6.87. The highest BCUT2D eigenvalue weighted by molar-refractivity contribution is 7.13. The topological polar surface area (TPSA) is 84.0 Å². The molecule has 0 bridgehead atoms. The van der Waals surface area contributed by atoms with E-state index in [9.17, 15) is 9.59 Å². The van der Waals surface area contributed by atoms with Crippen LogP contribution < -0.4 is 10.6 Å². The van der Waals surface area contributed by atoms with E-state index in [1.807, 2.05) is 31.2 Å². The van der Waals surface area contributed by atoms with E-state index in [0.717, 1.165) is 40.1 Å². The van der Waals surface area contributed by atoms with Gasteiger partial charge < -0.3 is 10.6 Å². The monoisotopic (exact) mass is 448 g/mol. The fourth-order valence-electron chi connectivity index (χ4n) is 3.31. The smallest absolute Gasteiger partial charge is 0.263 e. The average molecular weight is 449 g/mol. The van der Waals surface area contributed by atoms with Crippen LogP contribution in [0.5, 0.6) is 0 Å². The summed E-state index contributed by atoms with van der Waals surface area (Å²) in [6, 6.07) is 9.97. The van der Waals surface area contributed by atoms with Crippen LogP contribution in [0.1, 0.15) is 59.4 Å². The van der Waals surface area contributed by atoms with Crippen molar-refractivity contribution in [3.8, 4) is 11.1 Å². The molecule has 2 heterocycles. The summed E-state index contributed by atoms with van der Waals surface area (Å²) in [5, 5.41) is 6.85. The van der Waals surface area contributed by atoms with Crippen LogP contribution in [0.3, 0.4) is 0 Å². The van der Waals surface area contributed by atoms with Crippen LogP contribution in [0.2, 0.25) is 0 Å². The van der Waals surface area contributed by atoms with E-state index >= 15 is 0 Å². The van der Waals surface area contributed by atoms with E-state index in [-0.39, 0.29) is 23.1 Å². The molecule has 1 saturated carbocycles. The Kier molecular flexibility index (Phi) is 6.11. The number of thiazole rings is 1. The summed E-state index contributed by atoms with van der Waals surface area (Å²) >= 11 is 1.44. The number of aryl methyl sites for hydroxylation is 1. The van der Waals surface area contributed by atoms with Crippen molar-refractivity contribution < 1.29 is 9.59 Å². The lowest BCUT2D eigenvalue weighted by atomic mass is 9.98. The number of hydrogen-bond donors (Lipinski definition) is 2. The first-order chi connectivity index (χ1) is 15.2. The second-order valence-electron chi connectivity index (χ2n) is 9.30. The van der Waals surface area contributed by atoms with Crippen molar-refractivity contribution in [1.82, 2.24) is 15.3 Å². The van der Waals surface area contributed by atoms with Gasteiger partial charge in [0.2, 0.25) is 5.91 Å². The number of nitrogens with zero attached hydrogens (tertiary/aromatic N) is 2. The maximum Gasteiger partial charge on any atom is 0.263 e. The van der Waals surface area contributed by atoms with Crippen molar-refractivity contribution in [2.45, 2.75) is 52.5 Å². The standard InChI is InChI=1S/C25H28N4O2S/c1-15-11-17(18-9-10-26-21(12-18)29-22(30)16-5-6-16)7-8-19(15)13-27-23(31)20-14-28-24(32-20)25(2,3)4/h7-12,14,16H,5-6,13H2,1-4H3,(H,27,31)(H,26,29,30). The molecular weight excluding hydrogens is 420 g/mol. The van der Waals surface area contributed by atoms with Gasteiger partial charge >= 0.3 is 0 Å². The molecule has 3 aromatic rings. The van der Waals surface area contributed by atoms with Crippen molar-refractivity contribution in [3.63, 3.8) is 0 Å². The van der Waals surface area contributed by atoms with Gasteiger partial charge in [-0.25, -0.2) is 9.97 Å². The van der Waals surface area contributed by atoms with Crippen LogP contribution in [0.25, 0.3) is 11.1 Å². The molecule has 4 rings (SSSR count). The van der Waals surface area contributed by atoms with E-state index in [1.165, 1.54) is 11.3 Å². The SMILES string of the molecule is Cc1cc(-c2ccnc(NC(=O)C3CC3)c2)ccc1CNC(=O)c1cnc(C(C)(C)C)s1. The van der Waals surface area contributed by atoms with Crippen molar-refractivity contribution in [2.75, 3.05) is 5.32 Å². The second-order valence-corrected chi connectivity index (χ2v) is 10.3. The number of pyridine rings is 1. The van der Waals surface area contributed by atoms with E-state index in [0.29, 0.717) is 17.2 Å². The average Bonchev–Trinajstić information content (AvgIpc) is 3.48. The summed E-state index contributed by atoms with van der Waals surface area (Å²) in [5.41, 5.74) is 4.11. The first-order valence-electron chi connectivity index (χ1n) is 10.8. The third kappa shape index (κ3) is 5.22. The van der Waals surface area contributed by atoms with Gasteiger partial charge in [0.15, 0.2) is 0 Å². The zero-order valence-corrected chi connectivity index (χ0v) is 19.7. The number of benzene rings is 1. The normalized spacial score (nSPS) is 13.6. The van der Waals surface area contributed by atoms with E-state index < -0.39 is 0 Å². The second kappa shape index (κ2) is 8.82. The summed E-state index contributed by atoms with van der Waals surface area (Å²) < 4.78 is 0. The van der Waals surface area contributed by atoms with Crippen LogP contribution in [0.4, 0.5) is 5.82 Å². The molecule has 2 amide bonds. The van der Waals surface area contributed by atoms with Crippen molar-refractivity contribution >= 4 is 29.0 Å². The number of anilines is 1. The molecule has 0 unspecified atom stereocenters. The molecule has 166 valence electrons. The molecule has 2 aromatic heterocycles. The molecule has 2 N–H and O–H groups in total. The molecule has 0 aliphatic heterocycles. The highest BCUT2D eigenvalue weighted by Crippen LogP contribution is 2.31. The Morgan fingerprint density at radius 2 is 1.84 bits per heavy atom. The fraction of sp³-hybridized carbons (Fsp3) is 0.360. The summed E-state index contributed by atoms with van der Waals surface area (Å²) in [6.07, 6.45) is 5.29. The quantitative estimate of drug-likeness (QED) is 0.550. The summed E-state index contributed by atoms with van der Waals surface area (Å²) in [5.74, 6) is 0.661. The van der Waals surface area contributed by atoms with Gasteiger partial charge in [-0.05, 0) is 54.2 Å². The lowest BCUT2D eigenvalue weighted by Crippen LogP contribution is -2.22. The first-order valence-corrected chi connectivity index (χ1v) is 11.6. The van der Waals surface area contributed by atoms with Crippen LogP contribution in [-0.4, -0.2) is 21.8 Å². The highest BCUT2D eigenvalue weighted by Gasteiger charge is 2.29. The molecule has 0 spiro atoms. The Labute approximate surface area is 192 Å². The molecule has 0 saturated heterocycles. The number of carbonyl (C=O) groups excluding carboxylic acids is 2. The maximum absolute atomic E-state index is 12.6. The minimum absolute atomic E-state index is 0.0486. The fourth-order valence-corrected chi connectivity index (χ4v) is 4.20. The summed E-state index contributed by atoms with van der Waals surface area (Å²) in [6.45, 7) is 8.75. The lowest BCUT2D eigenvalue weighted by molar-refractivity contribution is -0.117. The molecule has 7 heteroatoms. The van der Waals surface area contributed by atoms with Gasteiger partial charge in [0.1, 0.15) is 10.7 Å². The van der Waals surface area contributed by atoms with Gasteiger partial charge in [0.05, 0.1) is 11.2 Å². The largest absolute Gasteiger partial charge is 0.347 e. The van der Waals surface area contributed by atoms with Crippen LogP contribution in [0.15, 0.2) is 42.7 Å². The molecule has 6 nitrogen and oxygen atoms in total. The molecule has 1 fully saturated rings. The summed E-state index contributed by atoms with van der Waals surface area (Å²) in [7, 11) is 0. The van der Waals surface area contributed by atoms with Gasteiger partial charge in [0.25, 0.3) is 5.91 Å². The zero-order valence-electron chi connectivity index (χ0n) is 18.9. The Hall–Kier alpha value is -3.06. The van der Waals surface area contributed by atoms with Gasteiger partial charge in [-0.2, -0.15) is 0 Å². The van der Waals surface area contributed by atoms with Crippen LogP contribution in [0, 0.1) is 12.8 Å². The van der Waals surface area contributed by atoms with Gasteiger partial charge in [-0.3, -0.25) is 9.59 Å². The Morgan fingerprint density at radius 3 is 2.50 bits per heavy atom. The number of nitrogens with one attached hydrogen (secondary N) is 2. The maximum atomic E-state index is 12.6. The van der Waals surface area contributed by atoms with E-state index in [4.69, 9.17) is 0 Å². The van der Waals surface area contributed by atoms with Crippen molar-refractivity contribution in [2.24, 2.45) is 5.92 Å². The summed E-state index contributed by atoms with van der Waals surface area (Å²) in [4.78, 5) is 33.8. The number of hydrogen-bond acceptors (Lipinski definition) is 5. The molecule has 0 radical (unpaired) electrons. The Morgan fingerprint density at radius 1 is 1.09 bits per heavy atom. The van der Waals surface area contributed by atoms with Crippen LogP contribution in [-0.2, 0) is 16.8 Å². The van der Waals surface area contributed by atoms with E-state index in [2.05, 4.69) is 47.4 Å². The molecule has 0 atom stereocenters. The van der Waals surface area contributed by atoms with Crippen molar-refractivity contribution in [1.29, 1.82) is 0 Å². The van der Waals surface area contributed by atoms with Gasteiger partial charge in [-0.1, -0.05) is 39.0 Å². The lowest BCUT2D eigenvalue weighted by Gasteiger charge is -2.13. The molecular formula is C25H28N4O2S. The van der Waals surface area contributed by atoms with Crippen molar-refractivity contribution in [3.05, 3.63) is 63.7 Å². The molecule has 32 heavy (non-hydrogen) atoms. The van der Waals surface area contributed by atoms with E-state index in [1.54, 1.807) is 12.4 Å². The molecule has 1 aliphatic carbocycles. The number of carbonyl (C=O) groups is 2. The Bertz CT molecular complexity index is 1160. The zero-order chi connectivity index (χ0) is 22.9. The molecule has 1 aromatic carbocycles. The minimum Gasteiger partial charge on any atom is -0.347 e. The first kappa shape index (κ1) is 22.1. The number of amides is 2. The molecule has 1 aliphatic rings.